The summed E-state index contributed by atoms with van der Waals surface area (Å²) in [7, 11) is 5.84. The predicted octanol–water partition coefficient (Wildman–Crippen LogP) is 2.80. The number of rotatable bonds is 1. The van der Waals surface area contributed by atoms with Gasteiger partial charge in [-0.25, -0.2) is 4.79 Å². The number of fused-ring (bicyclic) bond motifs is 8. The summed E-state index contributed by atoms with van der Waals surface area (Å²) in [5.41, 5.74) is 4.87. The topological polar surface area (TPSA) is 43.7 Å². The number of ether oxygens (including phenoxy) is 2. The molecule has 26 heavy (non-hydrogen) atoms. The fourth-order valence-corrected chi connectivity index (χ4v) is 5.56. The second-order valence-corrected chi connectivity index (χ2v) is 7.80. The molecule has 1 saturated heterocycles. The number of carbonyl (C=O) groups is 1. The molecule has 5 rings (SSSR count). The Morgan fingerprint density at radius 1 is 1.27 bits per heavy atom. The monoisotopic (exact) mass is 352 g/mol. The SMILES string of the molecule is COC(=O)C1=COCC2C1CC1c3c(c4ccccc4n3C)CC2N1C. The van der Waals surface area contributed by atoms with Gasteiger partial charge in [-0.05, 0) is 31.5 Å². The van der Waals surface area contributed by atoms with Crippen LogP contribution in [0.25, 0.3) is 10.9 Å². The van der Waals surface area contributed by atoms with Crippen molar-refractivity contribution in [1.29, 1.82) is 0 Å². The fourth-order valence-electron chi connectivity index (χ4n) is 5.56. The first-order valence-corrected chi connectivity index (χ1v) is 9.30. The van der Waals surface area contributed by atoms with E-state index in [0.717, 1.165) is 12.8 Å². The van der Waals surface area contributed by atoms with E-state index < -0.39 is 0 Å². The number of piperidine rings is 1. The molecular formula is C21H24N2O3. The van der Waals surface area contributed by atoms with Crippen LogP contribution in [0.1, 0.15) is 23.7 Å². The minimum Gasteiger partial charge on any atom is -0.500 e. The number of hydrogen-bond donors (Lipinski definition) is 0. The summed E-state index contributed by atoms with van der Waals surface area (Å²) in [6.07, 6.45) is 3.57. The maximum Gasteiger partial charge on any atom is 0.337 e. The molecule has 0 radical (unpaired) electrons. The second kappa shape index (κ2) is 5.61. The van der Waals surface area contributed by atoms with Crippen molar-refractivity contribution in [2.24, 2.45) is 18.9 Å². The van der Waals surface area contributed by atoms with Gasteiger partial charge < -0.3 is 14.0 Å². The number of nitrogens with zero attached hydrogens (tertiary/aromatic N) is 2. The van der Waals surface area contributed by atoms with Crippen LogP contribution in [-0.2, 0) is 27.7 Å². The molecule has 4 atom stereocenters. The number of benzene rings is 1. The summed E-state index contributed by atoms with van der Waals surface area (Å²) < 4.78 is 13.1. The molecule has 0 aliphatic carbocycles. The van der Waals surface area contributed by atoms with E-state index >= 15 is 0 Å². The number of esters is 1. The standard InChI is InChI=1S/C21H24N2O3/c1-22-18-9-14-12-6-4-5-7-17(12)23(2)20(14)19(22)8-13-15(18)10-26-11-16(13)21(24)25-3/h4-7,11,13,15,18-19H,8-10H2,1-3H3. The molecule has 136 valence electrons. The van der Waals surface area contributed by atoms with Crippen LogP contribution in [-0.4, -0.2) is 42.2 Å². The number of likely N-dealkylation sites (N-methyl/N-ethyl adjacent to an activating group) is 1. The summed E-state index contributed by atoms with van der Waals surface area (Å²) in [6, 6.07) is 9.37. The maximum atomic E-state index is 12.3. The zero-order valence-electron chi connectivity index (χ0n) is 15.4. The van der Waals surface area contributed by atoms with Crippen molar-refractivity contribution in [3.8, 4) is 0 Å². The summed E-state index contributed by atoms with van der Waals surface area (Å²) in [5.74, 6) is 0.274. The van der Waals surface area contributed by atoms with E-state index in [-0.39, 0.29) is 11.9 Å². The van der Waals surface area contributed by atoms with Gasteiger partial charge in [0.2, 0.25) is 0 Å². The van der Waals surface area contributed by atoms with Gasteiger partial charge in [-0.2, -0.15) is 0 Å². The first-order chi connectivity index (χ1) is 12.6. The Labute approximate surface area is 153 Å². The van der Waals surface area contributed by atoms with Gasteiger partial charge in [0, 0.05) is 41.5 Å². The number of aromatic nitrogens is 1. The molecule has 1 aromatic heterocycles. The van der Waals surface area contributed by atoms with Crippen LogP contribution in [0.5, 0.6) is 0 Å². The van der Waals surface area contributed by atoms with E-state index in [1.807, 2.05) is 0 Å². The highest BCUT2D eigenvalue weighted by molar-refractivity contribution is 5.89. The molecule has 3 aliphatic rings. The van der Waals surface area contributed by atoms with Crippen molar-refractivity contribution in [2.45, 2.75) is 24.9 Å². The smallest absolute Gasteiger partial charge is 0.337 e. The second-order valence-electron chi connectivity index (χ2n) is 7.80. The molecule has 0 spiro atoms. The molecule has 0 amide bonds. The van der Waals surface area contributed by atoms with Crippen LogP contribution in [0.3, 0.4) is 0 Å². The molecule has 4 unspecified atom stereocenters. The molecule has 0 saturated carbocycles. The summed E-state index contributed by atoms with van der Waals surface area (Å²) in [6.45, 7) is 0.674. The van der Waals surface area contributed by atoms with Gasteiger partial charge in [0.05, 0.1) is 31.6 Å². The average molecular weight is 352 g/mol. The van der Waals surface area contributed by atoms with Crippen LogP contribution in [0.15, 0.2) is 36.1 Å². The molecule has 5 nitrogen and oxygen atoms in total. The van der Waals surface area contributed by atoms with E-state index in [0.29, 0.717) is 30.2 Å². The molecule has 2 aromatic rings. The molecule has 5 heteroatoms. The molecule has 0 N–H and O–H groups in total. The van der Waals surface area contributed by atoms with Gasteiger partial charge in [-0.1, -0.05) is 18.2 Å². The fraction of sp³-hybridized carbons (Fsp3) is 0.476. The van der Waals surface area contributed by atoms with Crippen molar-refractivity contribution in [3.05, 3.63) is 47.4 Å². The number of aryl methyl sites for hydroxylation is 1. The number of methoxy groups -OCH3 is 1. The zero-order valence-corrected chi connectivity index (χ0v) is 15.4. The van der Waals surface area contributed by atoms with Gasteiger partial charge in [-0.15, -0.1) is 0 Å². The van der Waals surface area contributed by atoms with E-state index in [2.05, 4.69) is 47.8 Å². The lowest BCUT2D eigenvalue weighted by Gasteiger charge is -2.52. The average Bonchev–Trinajstić information content (AvgIpc) is 2.94. The van der Waals surface area contributed by atoms with Gasteiger partial charge in [0.1, 0.15) is 0 Å². The summed E-state index contributed by atoms with van der Waals surface area (Å²) >= 11 is 0. The third kappa shape index (κ3) is 1.98. The van der Waals surface area contributed by atoms with Gasteiger partial charge in [-0.3, -0.25) is 4.90 Å². The lowest BCUT2D eigenvalue weighted by molar-refractivity contribution is -0.139. The van der Waals surface area contributed by atoms with E-state index in [4.69, 9.17) is 9.47 Å². The number of hydrogen-bond acceptors (Lipinski definition) is 4. The predicted molar refractivity (Wildman–Crippen MR) is 98.6 cm³/mol. The first kappa shape index (κ1) is 15.9. The normalized spacial score (nSPS) is 30.2. The highest BCUT2D eigenvalue weighted by Gasteiger charge is 2.50. The van der Waals surface area contributed by atoms with Gasteiger partial charge >= 0.3 is 5.97 Å². The lowest BCUT2D eigenvalue weighted by atomic mass is 9.68. The minimum atomic E-state index is -0.250. The molecular weight excluding hydrogens is 328 g/mol. The molecule has 4 heterocycles. The maximum absolute atomic E-state index is 12.3. The van der Waals surface area contributed by atoms with E-state index in [1.54, 1.807) is 6.26 Å². The third-order valence-corrected chi connectivity index (χ3v) is 6.81. The van der Waals surface area contributed by atoms with Crippen LogP contribution >= 0.6 is 0 Å². The summed E-state index contributed by atoms with van der Waals surface area (Å²) in [4.78, 5) is 14.8. The van der Waals surface area contributed by atoms with Crippen molar-refractivity contribution < 1.29 is 14.3 Å². The largest absolute Gasteiger partial charge is 0.500 e. The van der Waals surface area contributed by atoms with Crippen LogP contribution < -0.4 is 0 Å². The molecule has 1 fully saturated rings. The molecule has 1 aromatic carbocycles. The van der Waals surface area contributed by atoms with Gasteiger partial charge in [0.25, 0.3) is 0 Å². The van der Waals surface area contributed by atoms with Crippen LogP contribution in [0.4, 0.5) is 0 Å². The van der Waals surface area contributed by atoms with Crippen LogP contribution in [0, 0.1) is 11.8 Å². The Hall–Kier alpha value is -2.27. The highest BCUT2D eigenvalue weighted by atomic mass is 16.5. The number of para-hydroxylation sites is 1. The van der Waals surface area contributed by atoms with Crippen molar-refractivity contribution >= 4 is 16.9 Å². The Balaban J connectivity index is 1.65. The van der Waals surface area contributed by atoms with Crippen LogP contribution in [0.2, 0.25) is 0 Å². The summed E-state index contributed by atoms with van der Waals surface area (Å²) in [5, 5.41) is 1.37. The lowest BCUT2D eigenvalue weighted by Crippen LogP contribution is -2.55. The van der Waals surface area contributed by atoms with Gasteiger partial charge in [0.15, 0.2) is 0 Å². The first-order valence-electron chi connectivity index (χ1n) is 9.30. The van der Waals surface area contributed by atoms with Crippen molar-refractivity contribution in [3.63, 3.8) is 0 Å². The number of carbonyl (C=O) groups excluding carboxylic acids is 1. The van der Waals surface area contributed by atoms with E-state index in [9.17, 15) is 4.79 Å². The highest BCUT2D eigenvalue weighted by Crippen LogP contribution is 2.51. The third-order valence-electron chi connectivity index (χ3n) is 6.81. The Morgan fingerprint density at radius 3 is 2.88 bits per heavy atom. The minimum absolute atomic E-state index is 0.202. The van der Waals surface area contributed by atoms with E-state index in [1.165, 1.54) is 29.3 Å². The van der Waals surface area contributed by atoms with Crippen molar-refractivity contribution in [1.82, 2.24) is 9.47 Å². The molecule has 3 aliphatic heterocycles. The van der Waals surface area contributed by atoms with Crippen molar-refractivity contribution in [2.75, 3.05) is 20.8 Å². The quantitative estimate of drug-likeness (QED) is 0.741. The Kier molecular flexibility index (Phi) is 3.44. The zero-order chi connectivity index (χ0) is 18.0. The Bertz CT molecular complexity index is 929. The molecule has 2 bridgehead atoms. The Morgan fingerprint density at radius 2 is 2.08 bits per heavy atom.